The molecule has 2 heterocycles. The summed E-state index contributed by atoms with van der Waals surface area (Å²) in [7, 11) is 3.04. The molecule has 1 aromatic heterocycles. The molecule has 1 aliphatic rings. The number of methoxy groups -OCH3 is 2. The SMILES string of the molecule is COc1ccc(N2C(=O)C(=O)/C(=C(\O)c3ccc(C)c(C)c3)C2c2sccc2C)cc1OC. The third kappa shape index (κ3) is 3.78. The maximum absolute atomic E-state index is 13.3. The minimum absolute atomic E-state index is 0.0728. The third-order valence-electron chi connectivity index (χ3n) is 6.02. The normalized spacial score (nSPS) is 17.5. The Morgan fingerprint density at radius 3 is 2.24 bits per heavy atom. The highest BCUT2D eigenvalue weighted by molar-refractivity contribution is 7.10. The molecule has 6 nitrogen and oxygen atoms in total. The number of aryl methyl sites for hydroxylation is 3. The fourth-order valence-electron chi connectivity index (χ4n) is 4.03. The van der Waals surface area contributed by atoms with Gasteiger partial charge in [0.2, 0.25) is 0 Å². The average molecular weight is 464 g/mol. The molecule has 2 aromatic carbocycles. The summed E-state index contributed by atoms with van der Waals surface area (Å²) in [5, 5.41) is 13.2. The molecule has 0 spiro atoms. The second-order valence-corrected chi connectivity index (χ2v) is 8.92. The smallest absolute Gasteiger partial charge is 0.300 e. The van der Waals surface area contributed by atoms with Crippen LogP contribution in [-0.4, -0.2) is 31.0 Å². The standard InChI is InChI=1S/C26H25NO5S/c1-14-6-7-17(12-16(14)3)23(28)21-22(25-15(2)10-11-33-25)27(26(30)24(21)29)18-8-9-19(31-4)20(13-18)32-5/h6-13,22,28H,1-5H3/b23-21-. The lowest BCUT2D eigenvalue weighted by Gasteiger charge is -2.25. The van der Waals surface area contributed by atoms with Gasteiger partial charge in [0.05, 0.1) is 19.8 Å². The number of aliphatic hydroxyl groups is 1. The summed E-state index contributed by atoms with van der Waals surface area (Å²) in [6.07, 6.45) is 0. The number of thiophene rings is 1. The van der Waals surface area contributed by atoms with Crippen LogP contribution in [0.1, 0.15) is 33.2 Å². The maximum Gasteiger partial charge on any atom is 0.300 e. The second-order valence-electron chi connectivity index (χ2n) is 7.98. The number of amides is 1. The summed E-state index contributed by atoms with van der Waals surface area (Å²) in [4.78, 5) is 28.8. The first-order chi connectivity index (χ1) is 15.8. The lowest BCUT2D eigenvalue weighted by atomic mass is 9.96. The first-order valence-corrected chi connectivity index (χ1v) is 11.3. The van der Waals surface area contributed by atoms with E-state index < -0.39 is 17.7 Å². The number of hydrogen-bond acceptors (Lipinski definition) is 6. The zero-order valence-corrected chi connectivity index (χ0v) is 19.9. The molecule has 1 fully saturated rings. The maximum atomic E-state index is 13.3. The Hall–Kier alpha value is -3.58. The molecule has 4 rings (SSSR count). The van der Waals surface area contributed by atoms with E-state index in [4.69, 9.17) is 9.47 Å². The Balaban J connectivity index is 1.95. The van der Waals surface area contributed by atoms with Crippen LogP contribution in [0, 0.1) is 20.8 Å². The van der Waals surface area contributed by atoms with Crippen LogP contribution in [0.5, 0.6) is 11.5 Å². The number of ether oxygens (including phenoxy) is 2. The van der Waals surface area contributed by atoms with Crippen LogP contribution in [-0.2, 0) is 9.59 Å². The molecule has 170 valence electrons. The van der Waals surface area contributed by atoms with Crippen molar-refractivity contribution in [3.63, 3.8) is 0 Å². The number of Topliss-reactive ketones (excluding diaryl/α,β-unsaturated/α-hetero) is 1. The minimum atomic E-state index is -0.760. The topological polar surface area (TPSA) is 76.1 Å². The molecule has 0 aliphatic carbocycles. The Morgan fingerprint density at radius 1 is 0.909 bits per heavy atom. The highest BCUT2D eigenvalue weighted by atomic mass is 32.1. The van der Waals surface area contributed by atoms with E-state index in [1.54, 1.807) is 24.3 Å². The predicted octanol–water partition coefficient (Wildman–Crippen LogP) is 5.32. The summed E-state index contributed by atoms with van der Waals surface area (Å²) in [5.74, 6) is -0.662. The van der Waals surface area contributed by atoms with Gasteiger partial charge in [-0.15, -0.1) is 11.3 Å². The summed E-state index contributed by atoms with van der Waals surface area (Å²) >= 11 is 1.44. The van der Waals surface area contributed by atoms with Crippen LogP contribution < -0.4 is 14.4 Å². The monoisotopic (exact) mass is 463 g/mol. The number of hydrogen-bond donors (Lipinski definition) is 1. The van der Waals surface area contributed by atoms with Gasteiger partial charge in [0.15, 0.2) is 11.5 Å². The Labute approximate surface area is 196 Å². The van der Waals surface area contributed by atoms with E-state index in [9.17, 15) is 14.7 Å². The van der Waals surface area contributed by atoms with E-state index in [-0.39, 0.29) is 11.3 Å². The predicted molar refractivity (Wildman–Crippen MR) is 129 cm³/mol. The summed E-state index contributed by atoms with van der Waals surface area (Å²) in [5.41, 5.74) is 4.04. The quantitative estimate of drug-likeness (QED) is 0.315. The highest BCUT2D eigenvalue weighted by Crippen LogP contribution is 2.46. The van der Waals surface area contributed by atoms with E-state index in [2.05, 4.69) is 0 Å². The lowest BCUT2D eigenvalue weighted by Crippen LogP contribution is -2.29. The number of carbonyl (C=O) groups is 2. The van der Waals surface area contributed by atoms with Gasteiger partial charge in [-0.25, -0.2) is 0 Å². The van der Waals surface area contributed by atoms with E-state index in [0.717, 1.165) is 21.6 Å². The van der Waals surface area contributed by atoms with Crippen molar-refractivity contribution < 1.29 is 24.2 Å². The molecule has 1 atom stereocenters. The van der Waals surface area contributed by atoms with Crippen molar-refractivity contribution in [2.24, 2.45) is 0 Å². The largest absolute Gasteiger partial charge is 0.507 e. The molecule has 0 bridgehead atoms. The van der Waals surface area contributed by atoms with Gasteiger partial charge < -0.3 is 14.6 Å². The van der Waals surface area contributed by atoms with Crippen molar-refractivity contribution in [1.82, 2.24) is 0 Å². The first kappa shape index (κ1) is 22.6. The number of rotatable bonds is 5. The molecule has 0 radical (unpaired) electrons. The first-order valence-electron chi connectivity index (χ1n) is 10.4. The van der Waals surface area contributed by atoms with E-state index in [1.165, 1.54) is 30.5 Å². The van der Waals surface area contributed by atoms with Crippen LogP contribution in [0.15, 0.2) is 53.4 Å². The van der Waals surface area contributed by atoms with Gasteiger partial charge >= 0.3 is 0 Å². The molecule has 1 amide bonds. The van der Waals surface area contributed by atoms with Crippen LogP contribution in [0.25, 0.3) is 5.76 Å². The molecule has 1 unspecified atom stereocenters. The van der Waals surface area contributed by atoms with Crippen molar-refractivity contribution in [3.05, 3.63) is 80.5 Å². The average Bonchev–Trinajstić information content (AvgIpc) is 3.34. The van der Waals surface area contributed by atoms with Gasteiger partial charge in [-0.1, -0.05) is 12.1 Å². The third-order valence-corrected chi connectivity index (χ3v) is 7.09. The Morgan fingerprint density at radius 2 is 1.64 bits per heavy atom. The van der Waals surface area contributed by atoms with Gasteiger partial charge in [-0.05, 0) is 67.1 Å². The van der Waals surface area contributed by atoms with E-state index >= 15 is 0 Å². The Kier molecular flexibility index (Phi) is 5.99. The van der Waals surface area contributed by atoms with E-state index in [1.807, 2.05) is 44.4 Å². The number of ketones is 1. The van der Waals surface area contributed by atoms with Gasteiger partial charge in [-0.3, -0.25) is 14.5 Å². The lowest BCUT2D eigenvalue weighted by molar-refractivity contribution is -0.132. The fraction of sp³-hybridized carbons (Fsp3) is 0.231. The second kappa shape index (κ2) is 8.75. The van der Waals surface area contributed by atoms with E-state index in [0.29, 0.717) is 22.7 Å². The minimum Gasteiger partial charge on any atom is -0.507 e. The van der Waals surface area contributed by atoms with Crippen molar-refractivity contribution in [2.75, 3.05) is 19.1 Å². The highest BCUT2D eigenvalue weighted by Gasteiger charge is 2.48. The molecular weight excluding hydrogens is 438 g/mol. The summed E-state index contributed by atoms with van der Waals surface area (Å²) < 4.78 is 10.7. The van der Waals surface area contributed by atoms with Crippen LogP contribution >= 0.6 is 11.3 Å². The van der Waals surface area contributed by atoms with Gasteiger partial charge in [0.25, 0.3) is 11.7 Å². The zero-order chi connectivity index (χ0) is 23.9. The van der Waals surface area contributed by atoms with Gasteiger partial charge in [0, 0.05) is 22.2 Å². The molecule has 3 aromatic rings. The van der Waals surface area contributed by atoms with Gasteiger partial charge in [-0.2, -0.15) is 0 Å². The summed E-state index contributed by atoms with van der Waals surface area (Å²) in [6.45, 7) is 5.84. The summed E-state index contributed by atoms with van der Waals surface area (Å²) in [6, 6.07) is 11.7. The number of carbonyl (C=O) groups excluding carboxylic acids is 2. The molecule has 1 saturated heterocycles. The van der Waals surface area contributed by atoms with Gasteiger partial charge in [0.1, 0.15) is 11.8 Å². The number of anilines is 1. The molecule has 7 heteroatoms. The van der Waals surface area contributed by atoms with Crippen LogP contribution in [0.3, 0.4) is 0 Å². The van der Waals surface area contributed by atoms with Crippen molar-refractivity contribution in [2.45, 2.75) is 26.8 Å². The molecule has 1 N–H and O–H groups in total. The van der Waals surface area contributed by atoms with Crippen molar-refractivity contribution in [3.8, 4) is 11.5 Å². The van der Waals surface area contributed by atoms with Crippen LogP contribution in [0.2, 0.25) is 0 Å². The number of aliphatic hydroxyl groups excluding tert-OH is 1. The Bertz CT molecular complexity index is 1290. The number of nitrogens with zero attached hydrogens (tertiary/aromatic N) is 1. The number of benzene rings is 2. The van der Waals surface area contributed by atoms with Crippen molar-refractivity contribution >= 4 is 34.5 Å². The molecule has 0 saturated carbocycles. The zero-order valence-electron chi connectivity index (χ0n) is 19.1. The molecule has 1 aliphatic heterocycles. The van der Waals surface area contributed by atoms with Crippen molar-refractivity contribution in [1.29, 1.82) is 0 Å². The molecular formula is C26H25NO5S. The van der Waals surface area contributed by atoms with Crippen LogP contribution in [0.4, 0.5) is 5.69 Å². The fourth-order valence-corrected chi connectivity index (χ4v) is 5.06. The molecule has 33 heavy (non-hydrogen) atoms.